The number of rotatable bonds is 2. The minimum Gasteiger partial charge on any atom is -0.478 e. The summed E-state index contributed by atoms with van der Waals surface area (Å²) in [4.78, 5) is 15.0. The molecule has 15 heavy (non-hydrogen) atoms. The van der Waals surface area contributed by atoms with Gasteiger partial charge in [0.05, 0.1) is 6.20 Å². The highest BCUT2D eigenvalue weighted by molar-refractivity contribution is 6.03. The maximum atomic E-state index is 11.1. The van der Waals surface area contributed by atoms with E-state index in [0.29, 0.717) is 16.7 Å². The third-order valence-electron chi connectivity index (χ3n) is 2.26. The number of hydrogen-bond donors (Lipinski definition) is 1. The molecule has 0 amide bonds. The van der Waals surface area contributed by atoms with Crippen molar-refractivity contribution in [1.82, 2.24) is 4.98 Å². The Hall–Kier alpha value is -1.84. The second kappa shape index (κ2) is 3.38. The van der Waals surface area contributed by atoms with Gasteiger partial charge in [-0.25, -0.2) is 4.79 Å². The maximum Gasteiger partial charge on any atom is 0.339 e. The first-order valence-corrected chi connectivity index (χ1v) is 4.71. The van der Waals surface area contributed by atoms with E-state index in [9.17, 15) is 4.79 Å². The number of aromatic carboxylic acids is 1. The van der Waals surface area contributed by atoms with E-state index in [2.05, 4.69) is 4.98 Å². The predicted octanol–water partition coefficient (Wildman–Crippen LogP) is 2.65. The van der Waals surface area contributed by atoms with Crippen LogP contribution in [0.1, 0.15) is 35.9 Å². The van der Waals surface area contributed by atoms with Gasteiger partial charge in [0.1, 0.15) is 11.3 Å². The molecule has 0 fully saturated rings. The number of aromatic nitrogens is 1. The van der Waals surface area contributed by atoms with Crippen molar-refractivity contribution in [3.8, 4) is 0 Å². The SMILES string of the molecule is CC(C)c1oc2cnccc2c1C(=O)O. The minimum absolute atomic E-state index is 0.0449. The number of carboxylic acids is 1. The summed E-state index contributed by atoms with van der Waals surface area (Å²) in [6.07, 6.45) is 3.10. The van der Waals surface area contributed by atoms with Gasteiger partial charge in [0.2, 0.25) is 0 Å². The lowest BCUT2D eigenvalue weighted by molar-refractivity contribution is 0.0695. The van der Waals surface area contributed by atoms with Crippen LogP contribution in [0.25, 0.3) is 11.0 Å². The third-order valence-corrected chi connectivity index (χ3v) is 2.26. The van der Waals surface area contributed by atoms with E-state index in [1.165, 1.54) is 6.20 Å². The van der Waals surface area contributed by atoms with Gasteiger partial charge in [-0.05, 0) is 6.07 Å². The molecule has 0 unspecified atom stereocenters. The molecule has 2 aromatic rings. The molecule has 4 nitrogen and oxygen atoms in total. The lowest BCUT2D eigenvalue weighted by Crippen LogP contribution is -2.00. The average Bonchev–Trinajstić information content (AvgIpc) is 2.56. The van der Waals surface area contributed by atoms with Gasteiger partial charge in [-0.2, -0.15) is 0 Å². The predicted molar refractivity (Wildman–Crippen MR) is 55.1 cm³/mol. The number of carboxylic acid groups (broad SMARTS) is 1. The number of hydrogen-bond acceptors (Lipinski definition) is 3. The van der Waals surface area contributed by atoms with E-state index in [1.807, 2.05) is 13.8 Å². The number of carbonyl (C=O) groups is 1. The monoisotopic (exact) mass is 205 g/mol. The van der Waals surface area contributed by atoms with E-state index in [-0.39, 0.29) is 11.5 Å². The van der Waals surface area contributed by atoms with Crippen LogP contribution in [0.3, 0.4) is 0 Å². The lowest BCUT2D eigenvalue weighted by Gasteiger charge is -2.00. The van der Waals surface area contributed by atoms with Crippen LogP contribution in [-0.2, 0) is 0 Å². The summed E-state index contributed by atoms with van der Waals surface area (Å²) in [5.41, 5.74) is 0.779. The van der Waals surface area contributed by atoms with E-state index >= 15 is 0 Å². The largest absolute Gasteiger partial charge is 0.478 e. The average molecular weight is 205 g/mol. The Morgan fingerprint density at radius 2 is 2.27 bits per heavy atom. The summed E-state index contributed by atoms with van der Waals surface area (Å²) in [6, 6.07) is 1.66. The molecule has 0 saturated heterocycles. The van der Waals surface area contributed by atoms with Crippen molar-refractivity contribution in [1.29, 1.82) is 0 Å². The van der Waals surface area contributed by atoms with E-state index in [4.69, 9.17) is 9.52 Å². The molecule has 0 radical (unpaired) electrons. The number of nitrogens with zero attached hydrogens (tertiary/aromatic N) is 1. The molecule has 0 aliphatic heterocycles. The van der Waals surface area contributed by atoms with E-state index in [0.717, 1.165) is 0 Å². The first-order chi connectivity index (χ1) is 7.11. The highest BCUT2D eigenvalue weighted by atomic mass is 16.4. The Labute approximate surface area is 86.5 Å². The van der Waals surface area contributed by atoms with Gasteiger partial charge in [-0.15, -0.1) is 0 Å². The second-order valence-corrected chi connectivity index (χ2v) is 3.67. The number of furan rings is 1. The van der Waals surface area contributed by atoms with Gasteiger partial charge in [-0.1, -0.05) is 13.8 Å². The Kier molecular flexibility index (Phi) is 2.19. The lowest BCUT2D eigenvalue weighted by atomic mass is 10.0. The van der Waals surface area contributed by atoms with Crippen LogP contribution in [0.15, 0.2) is 22.9 Å². The first-order valence-electron chi connectivity index (χ1n) is 4.71. The fourth-order valence-corrected chi connectivity index (χ4v) is 1.60. The molecule has 2 rings (SSSR count). The van der Waals surface area contributed by atoms with Gasteiger partial charge < -0.3 is 9.52 Å². The van der Waals surface area contributed by atoms with Crippen molar-refractivity contribution in [3.63, 3.8) is 0 Å². The Morgan fingerprint density at radius 3 is 2.87 bits per heavy atom. The highest BCUT2D eigenvalue weighted by Gasteiger charge is 2.21. The molecule has 0 aliphatic rings. The molecule has 2 aromatic heterocycles. The minimum atomic E-state index is -0.955. The van der Waals surface area contributed by atoms with Crippen LogP contribution in [0.5, 0.6) is 0 Å². The summed E-state index contributed by atoms with van der Waals surface area (Å²) in [6.45, 7) is 3.80. The van der Waals surface area contributed by atoms with Crippen LogP contribution < -0.4 is 0 Å². The molecular weight excluding hydrogens is 194 g/mol. The molecule has 1 N–H and O–H groups in total. The Balaban J connectivity index is 2.80. The summed E-state index contributed by atoms with van der Waals surface area (Å²) in [5, 5.41) is 9.73. The second-order valence-electron chi connectivity index (χ2n) is 3.67. The molecule has 0 atom stereocenters. The zero-order chi connectivity index (χ0) is 11.0. The Morgan fingerprint density at radius 1 is 1.53 bits per heavy atom. The zero-order valence-corrected chi connectivity index (χ0v) is 8.52. The molecular formula is C11H11NO3. The van der Waals surface area contributed by atoms with Crippen molar-refractivity contribution in [2.75, 3.05) is 0 Å². The molecule has 0 bridgehead atoms. The summed E-state index contributed by atoms with van der Waals surface area (Å²) < 4.78 is 5.48. The Bertz CT molecular complexity index is 514. The summed E-state index contributed by atoms with van der Waals surface area (Å²) in [7, 11) is 0. The summed E-state index contributed by atoms with van der Waals surface area (Å²) in [5.74, 6) is -0.405. The van der Waals surface area contributed by atoms with Crippen LogP contribution >= 0.6 is 0 Å². The van der Waals surface area contributed by atoms with Crippen LogP contribution in [-0.4, -0.2) is 16.1 Å². The van der Waals surface area contributed by atoms with Gasteiger partial charge in [0.15, 0.2) is 5.58 Å². The van der Waals surface area contributed by atoms with E-state index < -0.39 is 5.97 Å². The molecule has 2 heterocycles. The summed E-state index contributed by atoms with van der Waals surface area (Å²) >= 11 is 0. The molecule has 0 aliphatic carbocycles. The van der Waals surface area contributed by atoms with E-state index in [1.54, 1.807) is 12.3 Å². The van der Waals surface area contributed by atoms with Gasteiger partial charge in [-0.3, -0.25) is 4.98 Å². The fraction of sp³-hybridized carbons (Fsp3) is 0.273. The van der Waals surface area contributed by atoms with Crippen LogP contribution in [0.4, 0.5) is 0 Å². The topological polar surface area (TPSA) is 63.3 Å². The highest BCUT2D eigenvalue weighted by Crippen LogP contribution is 2.30. The van der Waals surface area contributed by atoms with Crippen LogP contribution in [0.2, 0.25) is 0 Å². The molecule has 78 valence electrons. The quantitative estimate of drug-likeness (QED) is 0.818. The van der Waals surface area contributed by atoms with Gasteiger partial charge in [0, 0.05) is 17.5 Å². The fourth-order valence-electron chi connectivity index (χ4n) is 1.60. The normalized spacial score (nSPS) is 11.1. The molecule has 0 aromatic carbocycles. The molecule has 4 heteroatoms. The van der Waals surface area contributed by atoms with Gasteiger partial charge in [0.25, 0.3) is 0 Å². The third kappa shape index (κ3) is 1.48. The number of fused-ring (bicyclic) bond motifs is 1. The van der Waals surface area contributed by atoms with Crippen LogP contribution in [0, 0.1) is 0 Å². The van der Waals surface area contributed by atoms with Crippen molar-refractivity contribution in [2.45, 2.75) is 19.8 Å². The van der Waals surface area contributed by atoms with Crippen molar-refractivity contribution < 1.29 is 14.3 Å². The van der Waals surface area contributed by atoms with Gasteiger partial charge >= 0.3 is 5.97 Å². The smallest absolute Gasteiger partial charge is 0.339 e. The zero-order valence-electron chi connectivity index (χ0n) is 8.52. The first kappa shape index (κ1) is 9.71. The molecule has 0 saturated carbocycles. The molecule has 0 spiro atoms. The van der Waals surface area contributed by atoms with Crippen molar-refractivity contribution >= 4 is 16.9 Å². The maximum absolute atomic E-state index is 11.1. The number of pyridine rings is 1. The van der Waals surface area contributed by atoms with Crippen molar-refractivity contribution in [3.05, 3.63) is 29.8 Å². The van der Waals surface area contributed by atoms with Crippen molar-refractivity contribution in [2.24, 2.45) is 0 Å². The standard InChI is InChI=1S/C11H11NO3/c1-6(2)10-9(11(13)14)7-3-4-12-5-8(7)15-10/h3-6H,1-2H3,(H,13,14).